The molecule has 20 heavy (non-hydrogen) atoms. The second-order valence-electron chi connectivity index (χ2n) is 6.08. The van der Waals surface area contributed by atoms with Gasteiger partial charge in [-0.15, -0.1) is 0 Å². The van der Waals surface area contributed by atoms with Crippen molar-refractivity contribution in [3.8, 4) is 5.75 Å². The summed E-state index contributed by atoms with van der Waals surface area (Å²) in [5, 5.41) is 0.745. The average molecular weight is 295 g/mol. The lowest BCUT2D eigenvalue weighted by molar-refractivity contribution is 0.229. The first-order valence-corrected chi connectivity index (χ1v) is 7.96. The lowest BCUT2D eigenvalue weighted by atomic mass is 9.78. The molecule has 4 heteroatoms. The molecule has 0 bridgehead atoms. The number of fused-ring (bicyclic) bond motifs is 1. The molecule has 110 valence electrons. The Morgan fingerprint density at radius 3 is 2.75 bits per heavy atom. The molecule has 1 saturated heterocycles. The van der Waals surface area contributed by atoms with Crippen LogP contribution in [-0.4, -0.2) is 37.2 Å². The Hall–Kier alpha value is -0.770. The summed E-state index contributed by atoms with van der Waals surface area (Å²) in [5.74, 6) is 2.41. The van der Waals surface area contributed by atoms with E-state index in [0.29, 0.717) is 12.0 Å². The van der Waals surface area contributed by atoms with Gasteiger partial charge < -0.3 is 10.5 Å². The largest absolute Gasteiger partial charge is 0.492 e. The molecule has 2 N–H and O–H groups in total. The molecule has 3 nitrogen and oxygen atoms in total. The van der Waals surface area contributed by atoms with E-state index < -0.39 is 0 Å². The van der Waals surface area contributed by atoms with Crippen molar-refractivity contribution in [3.05, 3.63) is 29.3 Å². The molecule has 0 radical (unpaired) electrons. The molecule has 3 unspecified atom stereocenters. The fraction of sp³-hybridized carbons (Fsp3) is 0.625. The molecule has 1 heterocycles. The van der Waals surface area contributed by atoms with Gasteiger partial charge >= 0.3 is 0 Å². The molecule has 1 aromatic rings. The van der Waals surface area contributed by atoms with Gasteiger partial charge in [0.15, 0.2) is 0 Å². The van der Waals surface area contributed by atoms with E-state index in [-0.39, 0.29) is 0 Å². The number of hydrogen-bond acceptors (Lipinski definition) is 3. The topological polar surface area (TPSA) is 38.5 Å². The van der Waals surface area contributed by atoms with E-state index in [4.69, 9.17) is 22.1 Å². The van der Waals surface area contributed by atoms with Crippen LogP contribution in [0.2, 0.25) is 5.02 Å². The summed E-state index contributed by atoms with van der Waals surface area (Å²) < 4.78 is 5.77. The highest BCUT2D eigenvalue weighted by Crippen LogP contribution is 2.35. The first-order chi connectivity index (χ1) is 9.72. The molecule has 1 aromatic carbocycles. The zero-order valence-corrected chi connectivity index (χ0v) is 12.6. The van der Waals surface area contributed by atoms with Crippen molar-refractivity contribution in [1.82, 2.24) is 4.90 Å². The van der Waals surface area contributed by atoms with Crippen LogP contribution < -0.4 is 10.5 Å². The van der Waals surface area contributed by atoms with Crippen molar-refractivity contribution >= 4 is 11.6 Å². The second kappa shape index (κ2) is 6.33. The normalized spacial score (nSPS) is 30.2. The number of benzene rings is 1. The summed E-state index contributed by atoms with van der Waals surface area (Å²) in [6.07, 6.45) is 3.86. The monoisotopic (exact) mass is 294 g/mol. The molecule has 3 rings (SSSR count). The summed E-state index contributed by atoms with van der Waals surface area (Å²) in [5.41, 5.74) is 6.25. The van der Waals surface area contributed by atoms with Crippen molar-refractivity contribution in [2.75, 3.05) is 26.2 Å². The van der Waals surface area contributed by atoms with Crippen LogP contribution in [0.4, 0.5) is 0 Å². The van der Waals surface area contributed by atoms with E-state index in [1.165, 1.54) is 25.8 Å². The lowest BCUT2D eigenvalue weighted by Gasteiger charge is -2.29. The van der Waals surface area contributed by atoms with E-state index in [2.05, 4.69) is 4.90 Å². The summed E-state index contributed by atoms with van der Waals surface area (Å²) in [4.78, 5) is 2.51. The first-order valence-electron chi connectivity index (χ1n) is 7.58. The van der Waals surface area contributed by atoms with Gasteiger partial charge in [0.25, 0.3) is 0 Å². The predicted molar refractivity (Wildman–Crippen MR) is 82.2 cm³/mol. The van der Waals surface area contributed by atoms with Crippen LogP contribution in [0.15, 0.2) is 24.3 Å². The van der Waals surface area contributed by atoms with Gasteiger partial charge in [0.1, 0.15) is 12.4 Å². The summed E-state index contributed by atoms with van der Waals surface area (Å²) in [6.45, 7) is 4.07. The molecule has 3 atom stereocenters. The van der Waals surface area contributed by atoms with Gasteiger partial charge in [-0.25, -0.2) is 0 Å². The third kappa shape index (κ3) is 3.27. The van der Waals surface area contributed by atoms with Crippen LogP contribution in [-0.2, 0) is 0 Å². The molecule has 1 aliphatic carbocycles. The summed E-state index contributed by atoms with van der Waals surface area (Å²) >= 11 is 5.86. The van der Waals surface area contributed by atoms with Gasteiger partial charge in [-0.1, -0.05) is 18.0 Å². The third-order valence-corrected chi connectivity index (χ3v) is 4.97. The Balaban J connectivity index is 1.44. The van der Waals surface area contributed by atoms with E-state index in [1.807, 2.05) is 24.3 Å². The van der Waals surface area contributed by atoms with Crippen molar-refractivity contribution in [1.29, 1.82) is 0 Å². The molecule has 0 spiro atoms. The smallest absolute Gasteiger partial charge is 0.119 e. The second-order valence-corrected chi connectivity index (χ2v) is 6.52. The van der Waals surface area contributed by atoms with Gasteiger partial charge in [0, 0.05) is 30.7 Å². The fourth-order valence-corrected chi connectivity index (χ4v) is 3.74. The maximum absolute atomic E-state index is 6.25. The molecular weight excluding hydrogens is 272 g/mol. The predicted octanol–water partition coefficient (Wildman–Crippen LogP) is 2.78. The third-order valence-electron chi connectivity index (χ3n) is 4.72. The van der Waals surface area contributed by atoms with Crippen molar-refractivity contribution in [2.24, 2.45) is 17.6 Å². The molecule has 2 fully saturated rings. The minimum Gasteiger partial charge on any atom is -0.492 e. The number of nitrogens with two attached hydrogens (primary N) is 1. The Bertz CT molecular complexity index is 437. The zero-order chi connectivity index (χ0) is 13.9. The van der Waals surface area contributed by atoms with Crippen LogP contribution in [0.5, 0.6) is 5.75 Å². The number of rotatable bonds is 4. The Morgan fingerprint density at radius 2 is 2.00 bits per heavy atom. The molecule has 2 aliphatic rings. The van der Waals surface area contributed by atoms with Gasteiger partial charge in [0.2, 0.25) is 0 Å². The zero-order valence-electron chi connectivity index (χ0n) is 11.8. The number of ether oxygens (including phenoxy) is 1. The van der Waals surface area contributed by atoms with Gasteiger partial charge in [-0.3, -0.25) is 4.90 Å². The summed E-state index contributed by atoms with van der Waals surface area (Å²) in [7, 11) is 0. The fourth-order valence-electron chi connectivity index (χ4n) is 3.61. The van der Waals surface area contributed by atoms with Crippen LogP contribution in [0.25, 0.3) is 0 Å². The van der Waals surface area contributed by atoms with Gasteiger partial charge in [0.05, 0.1) is 0 Å². The summed E-state index contributed by atoms with van der Waals surface area (Å²) in [6, 6.07) is 7.97. The van der Waals surface area contributed by atoms with Gasteiger partial charge in [-0.2, -0.15) is 0 Å². The quantitative estimate of drug-likeness (QED) is 0.928. The van der Waals surface area contributed by atoms with Gasteiger partial charge in [-0.05, 0) is 48.9 Å². The van der Waals surface area contributed by atoms with Crippen LogP contribution >= 0.6 is 11.6 Å². The maximum atomic E-state index is 6.25. The minimum absolute atomic E-state index is 0.413. The molecule has 0 aromatic heterocycles. The number of halogens is 1. The Kier molecular flexibility index (Phi) is 4.49. The highest BCUT2D eigenvalue weighted by atomic mass is 35.5. The SMILES string of the molecule is NC1CCCC2CN(CCOc3ccc(Cl)cc3)CC12. The van der Waals surface area contributed by atoms with E-state index >= 15 is 0 Å². The number of likely N-dealkylation sites (tertiary alicyclic amines) is 1. The minimum atomic E-state index is 0.413. The van der Waals surface area contributed by atoms with Crippen LogP contribution in [0, 0.1) is 11.8 Å². The number of hydrogen-bond donors (Lipinski definition) is 1. The first kappa shape index (κ1) is 14.2. The highest BCUT2D eigenvalue weighted by molar-refractivity contribution is 6.30. The van der Waals surface area contributed by atoms with Crippen molar-refractivity contribution < 1.29 is 4.74 Å². The lowest BCUT2D eigenvalue weighted by Crippen LogP contribution is -2.38. The molecule has 1 aliphatic heterocycles. The Morgan fingerprint density at radius 1 is 1.20 bits per heavy atom. The van der Waals surface area contributed by atoms with Crippen LogP contribution in [0.3, 0.4) is 0 Å². The van der Waals surface area contributed by atoms with Crippen molar-refractivity contribution in [3.63, 3.8) is 0 Å². The molecular formula is C16H23ClN2O. The molecule has 0 amide bonds. The highest BCUT2D eigenvalue weighted by Gasteiger charge is 2.38. The van der Waals surface area contributed by atoms with E-state index in [1.54, 1.807) is 0 Å². The van der Waals surface area contributed by atoms with E-state index in [9.17, 15) is 0 Å². The standard InChI is InChI=1S/C16H23ClN2O/c17-13-4-6-14(7-5-13)20-9-8-19-10-12-2-1-3-16(18)15(12)11-19/h4-7,12,15-16H,1-3,8-11,18H2. The Labute approximate surface area is 126 Å². The van der Waals surface area contributed by atoms with Crippen molar-refractivity contribution in [2.45, 2.75) is 25.3 Å². The average Bonchev–Trinajstić information content (AvgIpc) is 2.85. The molecule has 1 saturated carbocycles. The van der Waals surface area contributed by atoms with E-state index in [0.717, 1.165) is 36.4 Å². The maximum Gasteiger partial charge on any atom is 0.119 e. The van der Waals surface area contributed by atoms with Crippen LogP contribution in [0.1, 0.15) is 19.3 Å². The number of nitrogens with zero attached hydrogens (tertiary/aromatic N) is 1.